The van der Waals surface area contributed by atoms with E-state index in [0.29, 0.717) is 11.6 Å². The van der Waals surface area contributed by atoms with Crippen molar-refractivity contribution in [2.24, 2.45) is 5.92 Å². The average Bonchev–Trinajstić information content (AvgIpc) is 2.83. The van der Waals surface area contributed by atoms with Crippen LogP contribution in [-0.4, -0.2) is 15.9 Å². The zero-order valence-corrected chi connectivity index (χ0v) is 9.93. The molecule has 0 saturated heterocycles. The SMILES string of the molecule is CC(Nc1cccnc1[N+](=O)[O-])C1CCCC1. The number of nitrogens with one attached hydrogen (secondary N) is 1. The molecule has 1 aromatic heterocycles. The fraction of sp³-hybridized carbons (Fsp3) is 0.583. The van der Waals surface area contributed by atoms with Crippen molar-refractivity contribution in [3.8, 4) is 0 Å². The molecule has 1 aliphatic carbocycles. The van der Waals surface area contributed by atoms with E-state index >= 15 is 0 Å². The lowest BCUT2D eigenvalue weighted by Gasteiger charge is -2.20. The third kappa shape index (κ3) is 2.72. The Kier molecular flexibility index (Phi) is 3.56. The van der Waals surface area contributed by atoms with Crippen molar-refractivity contribution in [2.45, 2.75) is 38.6 Å². The standard InChI is InChI=1S/C12H17N3O2/c1-9(10-5-2-3-6-10)14-11-7-4-8-13-12(11)15(16)17/h4,7-10,14H,2-3,5-6H2,1H3. The molecule has 2 rings (SSSR count). The Hall–Kier alpha value is -1.65. The normalized spacial score (nSPS) is 17.9. The molecule has 1 aromatic rings. The fourth-order valence-corrected chi connectivity index (χ4v) is 2.48. The van der Waals surface area contributed by atoms with E-state index in [2.05, 4.69) is 17.2 Å². The number of anilines is 1. The Labute approximate surface area is 100 Å². The van der Waals surface area contributed by atoms with Crippen LogP contribution in [0.2, 0.25) is 0 Å². The van der Waals surface area contributed by atoms with Crippen LogP contribution in [0.1, 0.15) is 32.6 Å². The van der Waals surface area contributed by atoms with E-state index in [0.717, 1.165) is 0 Å². The molecule has 1 atom stereocenters. The molecule has 1 fully saturated rings. The first-order chi connectivity index (χ1) is 8.18. The zero-order chi connectivity index (χ0) is 12.3. The van der Waals surface area contributed by atoms with Gasteiger partial charge >= 0.3 is 5.82 Å². The molecule has 0 amide bonds. The lowest BCUT2D eigenvalue weighted by Crippen LogP contribution is -2.24. The number of nitrogens with zero attached hydrogens (tertiary/aromatic N) is 2. The van der Waals surface area contributed by atoms with Crippen LogP contribution in [0.5, 0.6) is 0 Å². The summed E-state index contributed by atoms with van der Waals surface area (Å²) in [5.41, 5.74) is 0.525. The van der Waals surface area contributed by atoms with Crippen LogP contribution in [0, 0.1) is 16.0 Å². The van der Waals surface area contributed by atoms with Crippen molar-refractivity contribution in [1.29, 1.82) is 0 Å². The summed E-state index contributed by atoms with van der Waals surface area (Å²) >= 11 is 0. The molecule has 0 aromatic carbocycles. The molecule has 0 radical (unpaired) electrons. The van der Waals surface area contributed by atoms with Gasteiger partial charge in [-0.15, -0.1) is 0 Å². The predicted molar refractivity (Wildman–Crippen MR) is 65.9 cm³/mol. The van der Waals surface area contributed by atoms with Crippen LogP contribution in [0.4, 0.5) is 11.5 Å². The van der Waals surface area contributed by atoms with Gasteiger partial charge in [0, 0.05) is 6.04 Å². The van der Waals surface area contributed by atoms with Crippen LogP contribution in [0.3, 0.4) is 0 Å². The number of hydrogen-bond donors (Lipinski definition) is 1. The summed E-state index contributed by atoms with van der Waals surface area (Å²) in [6.45, 7) is 2.09. The summed E-state index contributed by atoms with van der Waals surface area (Å²) in [6, 6.07) is 3.70. The largest absolute Gasteiger partial charge is 0.386 e. The highest BCUT2D eigenvalue weighted by Gasteiger charge is 2.23. The molecule has 17 heavy (non-hydrogen) atoms. The third-order valence-electron chi connectivity index (χ3n) is 3.45. The highest BCUT2D eigenvalue weighted by molar-refractivity contribution is 5.57. The Morgan fingerprint density at radius 3 is 2.88 bits per heavy atom. The van der Waals surface area contributed by atoms with Gasteiger partial charge < -0.3 is 15.4 Å². The van der Waals surface area contributed by atoms with E-state index in [9.17, 15) is 10.1 Å². The van der Waals surface area contributed by atoms with Gasteiger partial charge in [-0.3, -0.25) is 0 Å². The maximum atomic E-state index is 10.8. The summed E-state index contributed by atoms with van der Waals surface area (Å²) in [5, 5.41) is 14.1. The highest BCUT2D eigenvalue weighted by Crippen LogP contribution is 2.30. The van der Waals surface area contributed by atoms with Gasteiger partial charge in [-0.2, -0.15) is 0 Å². The van der Waals surface area contributed by atoms with Crippen molar-refractivity contribution in [1.82, 2.24) is 4.98 Å². The van der Waals surface area contributed by atoms with Gasteiger partial charge in [0.15, 0.2) is 0 Å². The monoisotopic (exact) mass is 235 g/mol. The molecule has 1 saturated carbocycles. The number of rotatable bonds is 4. The van der Waals surface area contributed by atoms with E-state index in [4.69, 9.17) is 0 Å². The summed E-state index contributed by atoms with van der Waals surface area (Å²) < 4.78 is 0. The number of pyridine rings is 1. The van der Waals surface area contributed by atoms with Crippen molar-refractivity contribution in [3.63, 3.8) is 0 Å². The van der Waals surface area contributed by atoms with Crippen molar-refractivity contribution < 1.29 is 4.92 Å². The lowest BCUT2D eigenvalue weighted by atomic mass is 9.99. The van der Waals surface area contributed by atoms with Gasteiger partial charge in [-0.1, -0.05) is 12.8 Å². The van der Waals surface area contributed by atoms with Gasteiger partial charge in [-0.05, 0) is 47.7 Å². The molecule has 5 nitrogen and oxygen atoms in total. The molecule has 0 spiro atoms. The maximum absolute atomic E-state index is 10.8. The quantitative estimate of drug-likeness (QED) is 0.643. The molecule has 1 N–H and O–H groups in total. The first-order valence-corrected chi connectivity index (χ1v) is 6.04. The Morgan fingerprint density at radius 1 is 1.53 bits per heavy atom. The van der Waals surface area contributed by atoms with E-state index in [-0.39, 0.29) is 11.9 Å². The Balaban J connectivity index is 2.09. The minimum Gasteiger partial charge on any atom is -0.375 e. The third-order valence-corrected chi connectivity index (χ3v) is 3.45. The molecule has 1 aliphatic rings. The van der Waals surface area contributed by atoms with Gasteiger partial charge in [0.2, 0.25) is 0 Å². The van der Waals surface area contributed by atoms with Crippen LogP contribution in [-0.2, 0) is 0 Å². The van der Waals surface area contributed by atoms with Gasteiger partial charge in [0.1, 0.15) is 11.9 Å². The summed E-state index contributed by atoms with van der Waals surface area (Å²) in [6.07, 6.45) is 6.41. The average molecular weight is 235 g/mol. The molecule has 1 unspecified atom stereocenters. The zero-order valence-electron chi connectivity index (χ0n) is 9.93. The first kappa shape index (κ1) is 11.8. The summed E-state index contributed by atoms with van der Waals surface area (Å²) in [4.78, 5) is 14.2. The highest BCUT2D eigenvalue weighted by atomic mass is 16.6. The van der Waals surface area contributed by atoms with Crippen LogP contribution in [0.25, 0.3) is 0 Å². The molecule has 1 heterocycles. The second kappa shape index (κ2) is 5.12. The topological polar surface area (TPSA) is 68.1 Å². The molecular weight excluding hydrogens is 218 g/mol. The number of aromatic nitrogens is 1. The minimum atomic E-state index is -0.441. The summed E-state index contributed by atoms with van der Waals surface area (Å²) in [5.74, 6) is 0.534. The molecule has 0 bridgehead atoms. The second-order valence-corrected chi connectivity index (χ2v) is 4.61. The van der Waals surface area contributed by atoms with Gasteiger partial charge in [0.25, 0.3) is 0 Å². The van der Waals surface area contributed by atoms with Gasteiger partial charge in [0.05, 0.1) is 0 Å². The van der Waals surface area contributed by atoms with E-state index < -0.39 is 4.92 Å². The van der Waals surface area contributed by atoms with E-state index in [1.54, 1.807) is 12.1 Å². The number of nitro groups is 1. The number of hydrogen-bond acceptors (Lipinski definition) is 4. The maximum Gasteiger partial charge on any atom is 0.386 e. The molecular formula is C12H17N3O2. The lowest BCUT2D eigenvalue weighted by molar-refractivity contribution is -0.388. The Morgan fingerprint density at radius 2 is 2.24 bits per heavy atom. The van der Waals surface area contributed by atoms with Crippen molar-refractivity contribution in [3.05, 3.63) is 28.4 Å². The van der Waals surface area contributed by atoms with E-state index in [1.807, 2.05) is 0 Å². The van der Waals surface area contributed by atoms with Gasteiger partial charge in [-0.25, -0.2) is 0 Å². The van der Waals surface area contributed by atoms with Crippen LogP contribution < -0.4 is 5.32 Å². The predicted octanol–water partition coefficient (Wildman–Crippen LogP) is 2.98. The second-order valence-electron chi connectivity index (χ2n) is 4.61. The van der Waals surface area contributed by atoms with Crippen molar-refractivity contribution in [2.75, 3.05) is 5.32 Å². The molecule has 5 heteroatoms. The Bertz CT molecular complexity index is 402. The molecule has 0 aliphatic heterocycles. The smallest absolute Gasteiger partial charge is 0.375 e. The van der Waals surface area contributed by atoms with Crippen LogP contribution >= 0.6 is 0 Å². The summed E-state index contributed by atoms with van der Waals surface area (Å²) in [7, 11) is 0. The first-order valence-electron chi connectivity index (χ1n) is 6.04. The fourth-order valence-electron chi connectivity index (χ4n) is 2.48. The molecule has 92 valence electrons. The minimum absolute atomic E-state index is 0.0858. The van der Waals surface area contributed by atoms with E-state index in [1.165, 1.54) is 31.9 Å². The van der Waals surface area contributed by atoms with Crippen LogP contribution in [0.15, 0.2) is 18.3 Å². The van der Waals surface area contributed by atoms with Crippen molar-refractivity contribution >= 4 is 11.5 Å².